The molecule has 7 nitrogen and oxygen atoms in total. The quantitative estimate of drug-likeness (QED) is 0.277. The summed E-state index contributed by atoms with van der Waals surface area (Å²) in [6.45, 7) is 7.91. The van der Waals surface area contributed by atoms with E-state index in [1.54, 1.807) is 38.1 Å². The van der Waals surface area contributed by atoms with Crippen molar-refractivity contribution >= 4 is 11.9 Å². The molecule has 0 aromatic carbocycles. The van der Waals surface area contributed by atoms with E-state index < -0.39 is 12.1 Å². The lowest BCUT2D eigenvalue weighted by molar-refractivity contribution is -0.193. The molecule has 2 rings (SSSR count). The number of ether oxygens (including phenoxy) is 4. The van der Waals surface area contributed by atoms with E-state index >= 15 is 0 Å². The van der Waals surface area contributed by atoms with Gasteiger partial charge in [-0.25, -0.2) is 4.79 Å². The SMILES string of the molecule is C=CC[C@H](CC(=O)O[C@@H](C)C/C=C/C(=O)O[C@@H](C)c1ccco1)OC1CCCCO1. The molecule has 0 N–H and O–H groups in total. The first-order valence-corrected chi connectivity index (χ1v) is 10.5. The maximum atomic E-state index is 12.3. The third-order valence-electron chi connectivity index (χ3n) is 4.60. The number of rotatable bonds is 12. The second-order valence-electron chi connectivity index (χ2n) is 7.32. The van der Waals surface area contributed by atoms with Crippen LogP contribution >= 0.6 is 0 Å². The van der Waals surface area contributed by atoms with E-state index in [1.165, 1.54) is 12.3 Å². The molecular formula is C23H32O7. The standard InChI is InChI=1S/C23H32O7/c1-4-9-19(30-23-13-5-6-14-27-23)16-22(25)28-17(2)10-7-12-21(24)29-18(3)20-11-8-15-26-20/h4,7-8,11-12,15,17-19,23H,1,5-6,9-10,13-14,16H2,2-3H3/b12-7+/t17-,18-,19+,23?/m0/s1. The summed E-state index contributed by atoms with van der Waals surface area (Å²) in [6, 6.07) is 3.48. The molecule has 1 aliphatic rings. The predicted molar refractivity (Wildman–Crippen MR) is 110 cm³/mol. The average Bonchev–Trinajstić information content (AvgIpc) is 3.24. The minimum atomic E-state index is -0.482. The predicted octanol–water partition coefficient (Wildman–Crippen LogP) is 4.64. The van der Waals surface area contributed by atoms with Gasteiger partial charge in [0.15, 0.2) is 12.4 Å². The van der Waals surface area contributed by atoms with Crippen LogP contribution in [0.15, 0.2) is 47.6 Å². The van der Waals surface area contributed by atoms with Crippen LogP contribution in [0.4, 0.5) is 0 Å². The largest absolute Gasteiger partial charge is 0.465 e. The fourth-order valence-corrected chi connectivity index (χ4v) is 3.06. The van der Waals surface area contributed by atoms with Crippen molar-refractivity contribution < 1.29 is 33.0 Å². The fourth-order valence-electron chi connectivity index (χ4n) is 3.06. The molecule has 4 atom stereocenters. The van der Waals surface area contributed by atoms with Gasteiger partial charge in [0.25, 0.3) is 0 Å². The van der Waals surface area contributed by atoms with E-state index in [4.69, 9.17) is 23.4 Å². The lowest BCUT2D eigenvalue weighted by Crippen LogP contribution is -2.30. The molecule has 1 saturated heterocycles. The van der Waals surface area contributed by atoms with Gasteiger partial charge in [0.1, 0.15) is 11.9 Å². The van der Waals surface area contributed by atoms with Crippen molar-refractivity contribution in [1.29, 1.82) is 0 Å². The second kappa shape index (κ2) is 13.0. The van der Waals surface area contributed by atoms with Crippen molar-refractivity contribution in [1.82, 2.24) is 0 Å². The Labute approximate surface area is 178 Å². The smallest absolute Gasteiger partial charge is 0.331 e. The molecule has 2 heterocycles. The molecule has 1 aromatic heterocycles. The van der Waals surface area contributed by atoms with Crippen molar-refractivity contribution in [3.63, 3.8) is 0 Å². The zero-order valence-electron chi connectivity index (χ0n) is 17.8. The molecule has 0 radical (unpaired) electrons. The molecule has 1 aliphatic heterocycles. The van der Waals surface area contributed by atoms with E-state index in [-0.39, 0.29) is 30.9 Å². The minimum absolute atomic E-state index is 0.128. The summed E-state index contributed by atoms with van der Waals surface area (Å²) in [7, 11) is 0. The van der Waals surface area contributed by atoms with Gasteiger partial charge in [-0.3, -0.25) is 4.79 Å². The van der Waals surface area contributed by atoms with Crippen molar-refractivity contribution in [3.05, 3.63) is 49.0 Å². The number of carbonyl (C=O) groups is 2. The minimum Gasteiger partial charge on any atom is -0.465 e. The van der Waals surface area contributed by atoms with Crippen LogP contribution in [0.25, 0.3) is 0 Å². The Hall–Kier alpha value is -2.38. The van der Waals surface area contributed by atoms with Crippen molar-refractivity contribution in [2.45, 2.75) is 77.0 Å². The monoisotopic (exact) mass is 420 g/mol. The number of hydrogen-bond donors (Lipinski definition) is 0. The molecule has 1 aromatic rings. The summed E-state index contributed by atoms with van der Waals surface area (Å²) >= 11 is 0. The highest BCUT2D eigenvalue weighted by molar-refractivity contribution is 5.82. The van der Waals surface area contributed by atoms with Crippen LogP contribution in [0.1, 0.15) is 64.2 Å². The van der Waals surface area contributed by atoms with Crippen molar-refractivity contribution in [3.8, 4) is 0 Å². The summed E-state index contributed by atoms with van der Waals surface area (Å²) < 4.78 is 27.3. The van der Waals surface area contributed by atoms with Crippen LogP contribution in [0.3, 0.4) is 0 Å². The Morgan fingerprint density at radius 3 is 2.77 bits per heavy atom. The summed E-state index contributed by atoms with van der Waals surface area (Å²) in [5, 5.41) is 0. The van der Waals surface area contributed by atoms with Gasteiger partial charge < -0.3 is 23.4 Å². The van der Waals surface area contributed by atoms with Crippen molar-refractivity contribution in [2.24, 2.45) is 0 Å². The van der Waals surface area contributed by atoms with Crippen LogP contribution < -0.4 is 0 Å². The summed E-state index contributed by atoms with van der Waals surface area (Å²) in [5.41, 5.74) is 0. The van der Waals surface area contributed by atoms with Gasteiger partial charge in [0, 0.05) is 19.1 Å². The van der Waals surface area contributed by atoms with Gasteiger partial charge in [-0.2, -0.15) is 0 Å². The fraction of sp³-hybridized carbons (Fsp3) is 0.565. The molecule has 0 amide bonds. The topological polar surface area (TPSA) is 84.2 Å². The first-order chi connectivity index (χ1) is 14.5. The van der Waals surface area contributed by atoms with Gasteiger partial charge in [-0.1, -0.05) is 12.2 Å². The number of esters is 2. The van der Waals surface area contributed by atoms with Gasteiger partial charge in [-0.05, 0) is 51.7 Å². The molecule has 0 bridgehead atoms. The molecule has 0 spiro atoms. The van der Waals surface area contributed by atoms with E-state index in [1.807, 2.05) is 0 Å². The maximum Gasteiger partial charge on any atom is 0.331 e. The highest BCUT2D eigenvalue weighted by Gasteiger charge is 2.22. The lowest BCUT2D eigenvalue weighted by Gasteiger charge is -2.27. The lowest BCUT2D eigenvalue weighted by atomic mass is 10.1. The van der Waals surface area contributed by atoms with Gasteiger partial charge in [0.05, 0.1) is 18.8 Å². The number of hydrogen-bond acceptors (Lipinski definition) is 7. The molecule has 166 valence electrons. The zero-order valence-corrected chi connectivity index (χ0v) is 17.8. The normalized spacial score (nSPS) is 19.7. The summed E-state index contributed by atoms with van der Waals surface area (Å²) in [6.07, 6.45) is 8.76. The van der Waals surface area contributed by atoms with Crippen LogP contribution in [-0.2, 0) is 28.5 Å². The summed E-state index contributed by atoms with van der Waals surface area (Å²) in [5.74, 6) is -0.258. The van der Waals surface area contributed by atoms with Gasteiger partial charge >= 0.3 is 11.9 Å². The summed E-state index contributed by atoms with van der Waals surface area (Å²) in [4.78, 5) is 24.1. The first-order valence-electron chi connectivity index (χ1n) is 10.5. The molecule has 1 fully saturated rings. The second-order valence-corrected chi connectivity index (χ2v) is 7.32. The zero-order chi connectivity index (χ0) is 21.8. The Morgan fingerprint density at radius 1 is 1.27 bits per heavy atom. The van der Waals surface area contributed by atoms with E-state index in [9.17, 15) is 9.59 Å². The molecule has 30 heavy (non-hydrogen) atoms. The van der Waals surface area contributed by atoms with Crippen LogP contribution in [-0.4, -0.2) is 37.0 Å². The molecule has 0 saturated carbocycles. The number of furan rings is 1. The number of carbonyl (C=O) groups excluding carboxylic acids is 2. The highest BCUT2D eigenvalue weighted by atomic mass is 16.7. The van der Waals surface area contributed by atoms with E-state index in [2.05, 4.69) is 6.58 Å². The Morgan fingerprint density at radius 2 is 2.10 bits per heavy atom. The molecule has 1 unspecified atom stereocenters. The third kappa shape index (κ3) is 8.97. The van der Waals surface area contributed by atoms with Gasteiger partial charge in [-0.15, -0.1) is 6.58 Å². The van der Waals surface area contributed by atoms with Gasteiger partial charge in [0.2, 0.25) is 0 Å². The Balaban J connectivity index is 1.69. The Kier molecular flexibility index (Phi) is 10.4. The van der Waals surface area contributed by atoms with Crippen LogP contribution in [0.5, 0.6) is 0 Å². The van der Waals surface area contributed by atoms with E-state index in [0.29, 0.717) is 25.2 Å². The van der Waals surface area contributed by atoms with Crippen molar-refractivity contribution in [2.75, 3.05) is 6.61 Å². The maximum absolute atomic E-state index is 12.3. The Bertz CT molecular complexity index is 674. The average molecular weight is 421 g/mol. The third-order valence-corrected chi connectivity index (χ3v) is 4.60. The highest BCUT2D eigenvalue weighted by Crippen LogP contribution is 2.19. The molecular weight excluding hydrogens is 388 g/mol. The van der Waals surface area contributed by atoms with Crippen LogP contribution in [0, 0.1) is 0 Å². The molecule has 0 aliphatic carbocycles. The first kappa shape index (κ1) is 23.9. The van der Waals surface area contributed by atoms with E-state index in [0.717, 1.165) is 19.3 Å². The van der Waals surface area contributed by atoms with Crippen LogP contribution in [0.2, 0.25) is 0 Å². The molecule has 7 heteroatoms.